The molecule has 1 heterocycles. The number of fused-ring (bicyclic) bond motifs is 1. The lowest BCUT2D eigenvalue weighted by molar-refractivity contribution is 0.671. The zero-order chi connectivity index (χ0) is 11.4. The molecule has 0 N–H and O–H groups in total. The molecule has 0 nitrogen and oxygen atoms in total. The van der Waals surface area contributed by atoms with E-state index in [1.807, 2.05) is 23.5 Å². The first-order valence-corrected chi connectivity index (χ1v) is 7.23. The van der Waals surface area contributed by atoms with Gasteiger partial charge in [-0.1, -0.05) is 49.9 Å². The van der Waals surface area contributed by atoms with Crippen LogP contribution in [-0.4, -0.2) is 0 Å². The summed E-state index contributed by atoms with van der Waals surface area (Å²) in [6, 6.07) is 6.16. The lowest BCUT2D eigenvalue weighted by atomic mass is 10.1. The van der Waals surface area contributed by atoms with E-state index in [-0.39, 0.29) is 0 Å². The number of rotatable bonds is 5. The number of hydrogen-bond donors (Lipinski definition) is 0. The molecule has 0 amide bonds. The molecule has 0 aliphatic rings. The fraction of sp³-hybridized carbons (Fsp3) is 0.429. The summed E-state index contributed by atoms with van der Waals surface area (Å²) in [6.45, 7) is 2.25. The van der Waals surface area contributed by atoms with Gasteiger partial charge in [-0.05, 0) is 29.7 Å². The van der Waals surface area contributed by atoms with Gasteiger partial charge in [0.1, 0.15) is 0 Å². The maximum atomic E-state index is 6.25. The van der Waals surface area contributed by atoms with Gasteiger partial charge in [-0.3, -0.25) is 0 Å². The monoisotopic (exact) mass is 252 g/mol. The van der Waals surface area contributed by atoms with Crippen molar-refractivity contribution in [1.82, 2.24) is 0 Å². The fourth-order valence-corrected chi connectivity index (χ4v) is 3.45. The highest BCUT2D eigenvalue weighted by Crippen LogP contribution is 2.32. The Morgan fingerprint density at radius 3 is 2.88 bits per heavy atom. The number of halogens is 1. The van der Waals surface area contributed by atoms with E-state index in [0.717, 1.165) is 5.02 Å². The highest BCUT2D eigenvalue weighted by molar-refractivity contribution is 7.11. The van der Waals surface area contributed by atoms with Gasteiger partial charge in [0.25, 0.3) is 0 Å². The van der Waals surface area contributed by atoms with Crippen LogP contribution in [0.3, 0.4) is 0 Å². The van der Waals surface area contributed by atoms with Crippen LogP contribution < -0.4 is 0 Å². The quantitative estimate of drug-likeness (QED) is 0.601. The predicted octanol–water partition coefficient (Wildman–Crippen LogP) is 5.68. The van der Waals surface area contributed by atoms with Crippen LogP contribution in [0.5, 0.6) is 0 Å². The molecule has 0 aliphatic carbocycles. The first-order valence-electron chi connectivity index (χ1n) is 5.97. The van der Waals surface area contributed by atoms with Gasteiger partial charge in [0.15, 0.2) is 0 Å². The van der Waals surface area contributed by atoms with Crippen molar-refractivity contribution in [3.8, 4) is 0 Å². The van der Waals surface area contributed by atoms with Crippen LogP contribution in [0, 0.1) is 0 Å². The molecule has 2 heteroatoms. The molecule has 0 saturated carbocycles. The van der Waals surface area contributed by atoms with Gasteiger partial charge in [0.05, 0.1) is 0 Å². The zero-order valence-electron chi connectivity index (χ0n) is 9.63. The van der Waals surface area contributed by atoms with E-state index in [9.17, 15) is 0 Å². The average Bonchev–Trinajstić information content (AvgIpc) is 2.69. The van der Waals surface area contributed by atoms with Crippen LogP contribution in [0.1, 0.15) is 37.5 Å². The van der Waals surface area contributed by atoms with Crippen molar-refractivity contribution in [2.75, 3.05) is 0 Å². The first kappa shape index (κ1) is 11.9. The van der Waals surface area contributed by atoms with Gasteiger partial charge in [-0.15, -0.1) is 11.3 Å². The summed E-state index contributed by atoms with van der Waals surface area (Å²) in [6.07, 6.45) is 6.44. The molecule has 0 unspecified atom stereocenters. The van der Waals surface area contributed by atoms with Gasteiger partial charge < -0.3 is 0 Å². The third-order valence-corrected chi connectivity index (χ3v) is 4.29. The van der Waals surface area contributed by atoms with E-state index in [4.69, 9.17) is 11.6 Å². The van der Waals surface area contributed by atoms with Crippen molar-refractivity contribution in [3.63, 3.8) is 0 Å². The minimum atomic E-state index is 0.907. The van der Waals surface area contributed by atoms with Gasteiger partial charge in [-0.25, -0.2) is 0 Å². The standard InChI is InChI=1S/C14H17ClS/c1-2-3-4-5-9-13-14-11(10-16-13)7-6-8-12(14)15/h6-8,10H,2-5,9H2,1H3. The van der Waals surface area contributed by atoms with Crippen LogP contribution in [0.15, 0.2) is 23.6 Å². The molecule has 0 aliphatic heterocycles. The molecule has 0 saturated heterocycles. The number of benzene rings is 1. The highest BCUT2D eigenvalue weighted by atomic mass is 35.5. The Bertz CT molecular complexity index is 459. The van der Waals surface area contributed by atoms with Gasteiger partial charge in [0.2, 0.25) is 0 Å². The molecule has 0 fully saturated rings. The van der Waals surface area contributed by atoms with Crippen molar-refractivity contribution in [2.24, 2.45) is 0 Å². The molecule has 0 atom stereocenters. The Kier molecular flexibility index (Phi) is 4.25. The summed E-state index contributed by atoms with van der Waals surface area (Å²) < 4.78 is 0. The van der Waals surface area contributed by atoms with Crippen LogP contribution in [0.4, 0.5) is 0 Å². The summed E-state index contributed by atoms with van der Waals surface area (Å²) in [5.41, 5.74) is 0. The van der Waals surface area contributed by atoms with Crippen molar-refractivity contribution in [1.29, 1.82) is 0 Å². The van der Waals surface area contributed by atoms with Crippen molar-refractivity contribution >= 4 is 33.7 Å². The second-order valence-corrected chi connectivity index (χ2v) is 5.55. The molecule has 0 radical (unpaired) electrons. The molecule has 0 spiro atoms. The SMILES string of the molecule is CCCCCCc1scc2cccc(Cl)c12. The lowest BCUT2D eigenvalue weighted by Crippen LogP contribution is -1.83. The largest absolute Gasteiger partial charge is 0.148 e. The third kappa shape index (κ3) is 2.58. The van der Waals surface area contributed by atoms with Crippen molar-refractivity contribution in [2.45, 2.75) is 39.0 Å². The van der Waals surface area contributed by atoms with Crippen molar-refractivity contribution in [3.05, 3.63) is 33.5 Å². The molecule has 1 aromatic carbocycles. The van der Waals surface area contributed by atoms with E-state index in [0.29, 0.717) is 0 Å². The average molecular weight is 253 g/mol. The normalized spacial score (nSPS) is 11.1. The third-order valence-electron chi connectivity index (χ3n) is 2.91. The second-order valence-electron chi connectivity index (χ2n) is 4.17. The molecule has 2 rings (SSSR count). The Hall–Kier alpha value is -0.530. The Labute approximate surface area is 106 Å². The molecule has 1 aromatic heterocycles. The summed E-state index contributed by atoms with van der Waals surface area (Å²) >= 11 is 8.10. The van der Waals surface area contributed by atoms with Crippen LogP contribution in [-0.2, 0) is 6.42 Å². The number of thiophene rings is 1. The molecule has 86 valence electrons. The Morgan fingerprint density at radius 2 is 2.06 bits per heavy atom. The maximum absolute atomic E-state index is 6.25. The fourth-order valence-electron chi connectivity index (χ4n) is 2.02. The van der Waals surface area contributed by atoms with E-state index < -0.39 is 0 Å². The van der Waals surface area contributed by atoms with Crippen LogP contribution >= 0.6 is 22.9 Å². The second kappa shape index (κ2) is 5.70. The first-order chi connectivity index (χ1) is 7.83. The number of aryl methyl sites for hydroxylation is 1. The highest BCUT2D eigenvalue weighted by Gasteiger charge is 2.06. The molecule has 2 aromatic rings. The van der Waals surface area contributed by atoms with E-state index in [1.54, 1.807) is 0 Å². The summed E-state index contributed by atoms with van der Waals surface area (Å²) in [5, 5.41) is 5.70. The molecule has 0 bridgehead atoms. The summed E-state index contributed by atoms with van der Waals surface area (Å²) in [4.78, 5) is 1.46. The molecular weight excluding hydrogens is 236 g/mol. The smallest absolute Gasteiger partial charge is 0.0495 e. The number of hydrogen-bond acceptors (Lipinski definition) is 1. The van der Waals surface area contributed by atoms with E-state index >= 15 is 0 Å². The minimum absolute atomic E-state index is 0.907. The van der Waals surface area contributed by atoms with E-state index in [2.05, 4.69) is 18.4 Å². The number of unbranched alkanes of at least 4 members (excludes halogenated alkanes) is 3. The summed E-state index contributed by atoms with van der Waals surface area (Å²) in [7, 11) is 0. The zero-order valence-corrected chi connectivity index (χ0v) is 11.2. The summed E-state index contributed by atoms with van der Waals surface area (Å²) in [5.74, 6) is 0. The van der Waals surface area contributed by atoms with Gasteiger partial charge in [-0.2, -0.15) is 0 Å². The van der Waals surface area contributed by atoms with E-state index in [1.165, 1.54) is 47.8 Å². The van der Waals surface area contributed by atoms with Crippen LogP contribution in [0.25, 0.3) is 10.8 Å². The maximum Gasteiger partial charge on any atom is 0.0495 e. The predicted molar refractivity (Wildman–Crippen MR) is 74.7 cm³/mol. The van der Waals surface area contributed by atoms with Gasteiger partial charge >= 0.3 is 0 Å². The van der Waals surface area contributed by atoms with Crippen LogP contribution in [0.2, 0.25) is 5.02 Å². The minimum Gasteiger partial charge on any atom is -0.148 e. The topological polar surface area (TPSA) is 0 Å². The Morgan fingerprint density at radius 1 is 1.19 bits per heavy atom. The molecular formula is C14H17ClS. The van der Waals surface area contributed by atoms with Crippen molar-refractivity contribution < 1.29 is 0 Å². The van der Waals surface area contributed by atoms with Gasteiger partial charge in [0, 0.05) is 15.3 Å². The molecule has 16 heavy (non-hydrogen) atoms. The Balaban J connectivity index is 2.12. The lowest BCUT2D eigenvalue weighted by Gasteiger charge is -2.01.